The fourth-order valence-corrected chi connectivity index (χ4v) is 0.988. The van der Waals surface area contributed by atoms with Gasteiger partial charge in [-0.05, 0) is 6.07 Å². The van der Waals surface area contributed by atoms with Gasteiger partial charge in [0.15, 0.2) is 0 Å². The van der Waals surface area contributed by atoms with Crippen molar-refractivity contribution in [1.82, 2.24) is 4.98 Å². The summed E-state index contributed by atoms with van der Waals surface area (Å²) in [5.74, 6) is 5.56. The van der Waals surface area contributed by atoms with E-state index < -0.39 is 18.8 Å². The second kappa shape index (κ2) is 4.87. The molecule has 1 aromatic heterocycles. The molecule has 0 aromatic carbocycles. The Bertz CT molecular complexity index is 278. The second-order valence-electron chi connectivity index (χ2n) is 2.82. The number of pyridine rings is 1. The Kier molecular flexibility index (Phi) is 3.78. The van der Waals surface area contributed by atoms with Gasteiger partial charge in [-0.3, -0.25) is 0 Å². The summed E-state index contributed by atoms with van der Waals surface area (Å²) in [5, 5.41) is 27.2. The van der Waals surface area contributed by atoms with Crippen LogP contribution < -0.4 is 11.3 Å². The number of nitrogens with one attached hydrogen (secondary N) is 1. The average Bonchev–Trinajstić information content (AvgIpc) is 2.27. The number of aromatic nitrogens is 1. The normalized spacial score (nSPS) is 14.9. The van der Waals surface area contributed by atoms with E-state index in [4.69, 9.17) is 16.1 Å². The number of rotatable bonds is 4. The molecule has 0 aliphatic carbocycles. The number of nitrogens with zero attached hydrogens (tertiary/aromatic N) is 1. The van der Waals surface area contributed by atoms with Crippen LogP contribution in [0.25, 0.3) is 0 Å². The number of hydrazine groups is 1. The summed E-state index contributed by atoms with van der Waals surface area (Å²) in [6.45, 7) is -0.502. The maximum absolute atomic E-state index is 9.45. The van der Waals surface area contributed by atoms with Crippen molar-refractivity contribution in [3.05, 3.63) is 23.9 Å². The van der Waals surface area contributed by atoms with Crippen LogP contribution in [-0.2, 0) is 0 Å². The number of nitrogens with two attached hydrogens (primary N) is 1. The first-order chi connectivity index (χ1) is 6.69. The van der Waals surface area contributed by atoms with Gasteiger partial charge in [-0.25, -0.2) is 10.8 Å². The van der Waals surface area contributed by atoms with E-state index in [1.807, 2.05) is 0 Å². The molecule has 2 atom stereocenters. The third-order valence-electron chi connectivity index (χ3n) is 1.83. The fraction of sp³-hybridized carbons (Fsp3) is 0.375. The summed E-state index contributed by atoms with van der Waals surface area (Å²) >= 11 is 0. The van der Waals surface area contributed by atoms with Gasteiger partial charge < -0.3 is 20.7 Å². The van der Waals surface area contributed by atoms with Gasteiger partial charge in [-0.1, -0.05) is 6.07 Å². The van der Waals surface area contributed by atoms with E-state index in [-0.39, 0.29) is 0 Å². The molecule has 0 aliphatic heterocycles. The van der Waals surface area contributed by atoms with Crippen molar-refractivity contribution in [3.63, 3.8) is 0 Å². The molecule has 0 bridgehead atoms. The maximum atomic E-state index is 9.45. The first kappa shape index (κ1) is 10.9. The van der Waals surface area contributed by atoms with Crippen molar-refractivity contribution >= 4 is 5.82 Å². The van der Waals surface area contributed by atoms with Gasteiger partial charge in [0.2, 0.25) is 0 Å². The van der Waals surface area contributed by atoms with Crippen molar-refractivity contribution in [1.29, 1.82) is 0 Å². The van der Waals surface area contributed by atoms with Gasteiger partial charge in [0.1, 0.15) is 18.0 Å². The highest BCUT2D eigenvalue weighted by Crippen LogP contribution is 2.16. The number of aliphatic hydroxyl groups excluding tert-OH is 3. The van der Waals surface area contributed by atoms with Crippen LogP contribution in [0.1, 0.15) is 11.7 Å². The van der Waals surface area contributed by atoms with E-state index in [9.17, 15) is 5.11 Å². The number of hydrogen-bond acceptors (Lipinski definition) is 6. The van der Waals surface area contributed by atoms with Crippen LogP contribution in [0.4, 0.5) is 5.82 Å². The number of hydrogen-bond donors (Lipinski definition) is 5. The third-order valence-corrected chi connectivity index (χ3v) is 1.83. The smallest absolute Gasteiger partial charge is 0.139 e. The monoisotopic (exact) mass is 199 g/mol. The minimum Gasteiger partial charge on any atom is -0.394 e. The highest BCUT2D eigenvalue weighted by atomic mass is 16.4. The van der Waals surface area contributed by atoms with E-state index in [0.717, 1.165) is 0 Å². The molecule has 78 valence electrons. The molecular weight excluding hydrogens is 186 g/mol. The summed E-state index contributed by atoms with van der Waals surface area (Å²) in [6.07, 6.45) is -0.966. The molecule has 2 unspecified atom stereocenters. The zero-order valence-electron chi connectivity index (χ0n) is 7.46. The van der Waals surface area contributed by atoms with Crippen molar-refractivity contribution < 1.29 is 15.3 Å². The Morgan fingerprint density at radius 1 is 1.43 bits per heavy atom. The molecule has 14 heavy (non-hydrogen) atoms. The molecule has 0 radical (unpaired) electrons. The van der Waals surface area contributed by atoms with Gasteiger partial charge in [0.25, 0.3) is 0 Å². The minimum absolute atomic E-state index is 0.422. The Hall–Kier alpha value is -1.21. The molecule has 6 heteroatoms. The van der Waals surface area contributed by atoms with E-state index in [1.54, 1.807) is 12.1 Å². The summed E-state index contributed by atoms with van der Waals surface area (Å²) in [7, 11) is 0. The zero-order valence-corrected chi connectivity index (χ0v) is 7.46. The fourth-order valence-electron chi connectivity index (χ4n) is 0.988. The van der Waals surface area contributed by atoms with Crippen LogP contribution in [-0.4, -0.2) is 33.0 Å². The SMILES string of the molecule is NNc1ccc(C(O)C(O)CO)cn1. The lowest BCUT2D eigenvalue weighted by molar-refractivity contribution is -0.0154. The predicted octanol–water partition coefficient (Wildman–Crippen LogP) is -1.25. The Labute approximate surface area is 81.0 Å². The molecule has 0 saturated heterocycles. The Morgan fingerprint density at radius 3 is 2.57 bits per heavy atom. The van der Waals surface area contributed by atoms with Crippen LogP contribution in [0.3, 0.4) is 0 Å². The largest absolute Gasteiger partial charge is 0.394 e. The van der Waals surface area contributed by atoms with E-state index in [2.05, 4.69) is 10.4 Å². The molecule has 6 N–H and O–H groups in total. The van der Waals surface area contributed by atoms with Gasteiger partial charge >= 0.3 is 0 Å². The zero-order chi connectivity index (χ0) is 10.6. The first-order valence-corrected chi connectivity index (χ1v) is 4.08. The standard InChI is InChI=1S/C8H13N3O3/c9-11-7-2-1-5(3-10-7)8(14)6(13)4-12/h1-3,6,8,12-14H,4,9H2,(H,10,11). The van der Waals surface area contributed by atoms with Crippen molar-refractivity contribution in [3.8, 4) is 0 Å². The van der Waals surface area contributed by atoms with E-state index >= 15 is 0 Å². The van der Waals surface area contributed by atoms with E-state index in [0.29, 0.717) is 11.4 Å². The topological polar surface area (TPSA) is 112 Å². The lowest BCUT2D eigenvalue weighted by Crippen LogP contribution is -2.22. The summed E-state index contributed by atoms with van der Waals surface area (Å²) < 4.78 is 0. The van der Waals surface area contributed by atoms with Gasteiger partial charge in [-0.15, -0.1) is 0 Å². The quantitative estimate of drug-likeness (QED) is 0.306. The van der Waals surface area contributed by atoms with Gasteiger partial charge in [-0.2, -0.15) is 0 Å². The highest BCUT2D eigenvalue weighted by Gasteiger charge is 2.17. The average molecular weight is 199 g/mol. The van der Waals surface area contributed by atoms with Gasteiger partial charge in [0.05, 0.1) is 6.61 Å². The number of nitrogen functional groups attached to an aromatic ring is 1. The molecule has 0 amide bonds. The molecule has 0 aliphatic rings. The molecule has 0 spiro atoms. The van der Waals surface area contributed by atoms with Gasteiger partial charge in [0, 0.05) is 11.8 Å². The van der Waals surface area contributed by atoms with Crippen LogP contribution in [0.2, 0.25) is 0 Å². The molecule has 0 fully saturated rings. The molecule has 1 rings (SSSR count). The summed E-state index contributed by atoms with van der Waals surface area (Å²) in [5.41, 5.74) is 2.75. The molecular formula is C8H13N3O3. The van der Waals surface area contributed by atoms with Crippen molar-refractivity contribution in [2.24, 2.45) is 5.84 Å². The highest BCUT2D eigenvalue weighted by molar-refractivity contribution is 5.34. The molecule has 1 aromatic rings. The summed E-state index contributed by atoms with van der Waals surface area (Å²) in [6, 6.07) is 3.12. The van der Waals surface area contributed by atoms with Crippen molar-refractivity contribution in [2.75, 3.05) is 12.0 Å². The molecule has 6 nitrogen and oxygen atoms in total. The number of anilines is 1. The Morgan fingerprint density at radius 2 is 2.14 bits per heavy atom. The van der Waals surface area contributed by atoms with Crippen LogP contribution >= 0.6 is 0 Å². The third kappa shape index (κ3) is 2.39. The minimum atomic E-state index is -1.20. The van der Waals surface area contributed by atoms with Crippen LogP contribution in [0, 0.1) is 0 Å². The predicted molar refractivity (Wildman–Crippen MR) is 50.1 cm³/mol. The van der Waals surface area contributed by atoms with Crippen LogP contribution in [0.15, 0.2) is 18.3 Å². The Balaban J connectivity index is 2.75. The second-order valence-corrected chi connectivity index (χ2v) is 2.82. The molecule has 0 saturated carbocycles. The summed E-state index contributed by atoms with van der Waals surface area (Å²) in [4.78, 5) is 3.85. The van der Waals surface area contributed by atoms with Crippen LogP contribution in [0.5, 0.6) is 0 Å². The first-order valence-electron chi connectivity index (χ1n) is 4.08. The lowest BCUT2D eigenvalue weighted by atomic mass is 10.1. The van der Waals surface area contributed by atoms with E-state index in [1.165, 1.54) is 6.20 Å². The van der Waals surface area contributed by atoms with Crippen molar-refractivity contribution in [2.45, 2.75) is 12.2 Å². The molecule has 1 heterocycles. The maximum Gasteiger partial charge on any atom is 0.139 e. The lowest BCUT2D eigenvalue weighted by Gasteiger charge is -2.15. The number of aliphatic hydroxyl groups is 3.